The van der Waals surface area contributed by atoms with Crippen molar-refractivity contribution in [2.75, 3.05) is 13.1 Å². The zero-order valence-electron chi connectivity index (χ0n) is 15.5. The second-order valence-corrected chi connectivity index (χ2v) is 9.28. The molecule has 25 heavy (non-hydrogen) atoms. The number of rotatable bonds is 8. The highest BCUT2D eigenvalue weighted by atomic mass is 32.2. The summed E-state index contributed by atoms with van der Waals surface area (Å²) in [6, 6.07) is 6.44. The number of nitrogens with zero attached hydrogens (tertiary/aromatic N) is 1. The molecule has 1 heterocycles. The van der Waals surface area contributed by atoms with Crippen LogP contribution in [0.1, 0.15) is 63.2 Å². The molecule has 140 valence electrons. The van der Waals surface area contributed by atoms with Crippen molar-refractivity contribution in [3.05, 3.63) is 29.8 Å². The molecule has 0 radical (unpaired) electrons. The van der Waals surface area contributed by atoms with E-state index in [2.05, 4.69) is 19.2 Å². The molecule has 6 heteroatoms. The van der Waals surface area contributed by atoms with Crippen LogP contribution in [0.2, 0.25) is 0 Å². The second-order valence-electron chi connectivity index (χ2n) is 7.34. The van der Waals surface area contributed by atoms with Crippen LogP contribution in [0.5, 0.6) is 0 Å². The third-order valence-corrected chi connectivity index (χ3v) is 6.49. The van der Waals surface area contributed by atoms with E-state index in [1.54, 1.807) is 18.2 Å². The SMILES string of the molecule is CC(C)CCC[C@H](C)NC(=O)c1cccc(S(=O)(=O)N2CCCC2)c1. The molecule has 1 fully saturated rings. The van der Waals surface area contributed by atoms with E-state index in [0.29, 0.717) is 24.6 Å². The molecule has 0 spiro atoms. The number of carbonyl (C=O) groups is 1. The van der Waals surface area contributed by atoms with Crippen molar-refractivity contribution in [2.45, 2.75) is 63.8 Å². The number of sulfonamides is 1. The van der Waals surface area contributed by atoms with Crippen molar-refractivity contribution in [3.8, 4) is 0 Å². The summed E-state index contributed by atoms with van der Waals surface area (Å²) in [4.78, 5) is 12.6. The van der Waals surface area contributed by atoms with Crippen LogP contribution in [0.25, 0.3) is 0 Å². The number of hydrogen-bond acceptors (Lipinski definition) is 3. The van der Waals surface area contributed by atoms with Crippen LogP contribution in [0.3, 0.4) is 0 Å². The topological polar surface area (TPSA) is 66.5 Å². The largest absolute Gasteiger partial charge is 0.350 e. The fourth-order valence-electron chi connectivity index (χ4n) is 3.09. The molecule has 1 aromatic rings. The summed E-state index contributed by atoms with van der Waals surface area (Å²) < 4.78 is 26.8. The Hall–Kier alpha value is -1.40. The van der Waals surface area contributed by atoms with Crippen LogP contribution >= 0.6 is 0 Å². The molecule has 1 aliphatic heterocycles. The zero-order valence-corrected chi connectivity index (χ0v) is 16.3. The summed E-state index contributed by atoms with van der Waals surface area (Å²) in [5.74, 6) is 0.450. The molecule has 0 aromatic heterocycles. The van der Waals surface area contributed by atoms with E-state index in [4.69, 9.17) is 0 Å². The van der Waals surface area contributed by atoms with E-state index < -0.39 is 10.0 Å². The first kappa shape index (κ1) is 19.9. The average molecular weight is 367 g/mol. The lowest BCUT2D eigenvalue weighted by Crippen LogP contribution is -2.33. The smallest absolute Gasteiger partial charge is 0.251 e. The number of hydrogen-bond donors (Lipinski definition) is 1. The standard InChI is InChI=1S/C19H30N2O3S/c1-15(2)8-6-9-16(3)20-19(22)17-10-7-11-18(14-17)25(23,24)21-12-4-5-13-21/h7,10-11,14-16H,4-6,8-9,12-13H2,1-3H3,(H,20,22)/t16-/m0/s1. The molecular weight excluding hydrogens is 336 g/mol. The fourth-order valence-corrected chi connectivity index (χ4v) is 4.65. The molecule has 1 amide bonds. The molecule has 1 N–H and O–H groups in total. The summed E-state index contributed by atoms with van der Waals surface area (Å²) in [7, 11) is -3.49. The van der Waals surface area contributed by atoms with Crippen molar-refractivity contribution < 1.29 is 13.2 Å². The highest BCUT2D eigenvalue weighted by Gasteiger charge is 2.27. The summed E-state index contributed by atoms with van der Waals surface area (Å²) in [5, 5.41) is 2.97. The molecule has 1 saturated heterocycles. The van der Waals surface area contributed by atoms with Crippen LogP contribution in [-0.2, 0) is 10.0 Å². The zero-order chi connectivity index (χ0) is 18.4. The minimum atomic E-state index is -3.49. The number of nitrogens with one attached hydrogen (secondary N) is 1. The van der Waals surface area contributed by atoms with Crippen molar-refractivity contribution in [3.63, 3.8) is 0 Å². The van der Waals surface area contributed by atoms with Crippen molar-refractivity contribution in [1.29, 1.82) is 0 Å². The Bertz CT molecular complexity index is 680. The molecule has 1 atom stereocenters. The summed E-state index contributed by atoms with van der Waals surface area (Å²) in [6.07, 6.45) is 4.93. The molecule has 2 rings (SSSR count). The first-order chi connectivity index (χ1) is 11.8. The molecule has 1 aliphatic rings. The van der Waals surface area contributed by atoms with Crippen molar-refractivity contribution in [2.24, 2.45) is 5.92 Å². The molecule has 0 saturated carbocycles. The minimum Gasteiger partial charge on any atom is -0.350 e. The highest BCUT2D eigenvalue weighted by Crippen LogP contribution is 2.21. The third-order valence-electron chi connectivity index (χ3n) is 4.60. The maximum absolute atomic E-state index is 12.6. The minimum absolute atomic E-state index is 0.0742. The van der Waals surface area contributed by atoms with E-state index in [1.807, 2.05) is 6.92 Å². The van der Waals surface area contributed by atoms with E-state index in [-0.39, 0.29) is 16.8 Å². The third kappa shape index (κ3) is 5.54. The summed E-state index contributed by atoms with van der Waals surface area (Å²) in [6.45, 7) is 7.49. The van der Waals surface area contributed by atoms with Gasteiger partial charge < -0.3 is 5.32 Å². The number of benzene rings is 1. The molecule has 0 aliphatic carbocycles. The van der Waals surface area contributed by atoms with Crippen LogP contribution in [0.4, 0.5) is 0 Å². The van der Waals surface area contributed by atoms with Gasteiger partial charge >= 0.3 is 0 Å². The second kappa shape index (κ2) is 8.81. The first-order valence-electron chi connectivity index (χ1n) is 9.22. The van der Waals surface area contributed by atoms with E-state index >= 15 is 0 Å². The van der Waals surface area contributed by atoms with E-state index in [1.165, 1.54) is 10.4 Å². The maximum Gasteiger partial charge on any atom is 0.251 e. The molecular formula is C19H30N2O3S. The van der Waals surface area contributed by atoms with E-state index in [9.17, 15) is 13.2 Å². The van der Waals surface area contributed by atoms with E-state index in [0.717, 1.165) is 32.1 Å². The number of amides is 1. The van der Waals surface area contributed by atoms with Crippen LogP contribution in [0, 0.1) is 5.92 Å². The Morgan fingerprint density at radius 2 is 1.84 bits per heavy atom. The van der Waals surface area contributed by atoms with Crippen LogP contribution in [-0.4, -0.2) is 37.8 Å². The van der Waals surface area contributed by atoms with Crippen molar-refractivity contribution in [1.82, 2.24) is 9.62 Å². The van der Waals surface area contributed by atoms with Gasteiger partial charge in [0.1, 0.15) is 0 Å². The number of carbonyl (C=O) groups excluding carboxylic acids is 1. The Morgan fingerprint density at radius 3 is 2.48 bits per heavy atom. The van der Waals surface area contributed by atoms with Gasteiger partial charge in [0.2, 0.25) is 10.0 Å². The molecule has 5 nitrogen and oxygen atoms in total. The Balaban J connectivity index is 2.01. The van der Waals surface area contributed by atoms with Gasteiger partial charge in [0, 0.05) is 24.7 Å². The van der Waals surface area contributed by atoms with Gasteiger partial charge in [0.05, 0.1) is 4.90 Å². The summed E-state index contributed by atoms with van der Waals surface area (Å²) in [5.41, 5.74) is 0.399. The predicted octanol–water partition coefficient (Wildman–Crippen LogP) is 3.42. The monoisotopic (exact) mass is 366 g/mol. The lowest BCUT2D eigenvalue weighted by Gasteiger charge is -2.17. The Kier molecular flexibility index (Phi) is 7.02. The molecule has 0 bridgehead atoms. The quantitative estimate of drug-likeness (QED) is 0.767. The maximum atomic E-state index is 12.6. The van der Waals surface area contributed by atoms with Gasteiger partial charge in [0.15, 0.2) is 0 Å². The van der Waals surface area contributed by atoms with Gasteiger partial charge in [-0.2, -0.15) is 4.31 Å². The van der Waals surface area contributed by atoms with Gasteiger partial charge in [-0.15, -0.1) is 0 Å². The average Bonchev–Trinajstić information content (AvgIpc) is 3.10. The lowest BCUT2D eigenvalue weighted by molar-refractivity contribution is 0.0937. The Morgan fingerprint density at radius 1 is 1.16 bits per heavy atom. The van der Waals surface area contributed by atoms with Crippen molar-refractivity contribution >= 4 is 15.9 Å². The normalized spacial score (nSPS) is 17.0. The van der Waals surface area contributed by atoms with Gasteiger partial charge in [-0.05, 0) is 50.3 Å². The van der Waals surface area contributed by atoms with Gasteiger partial charge in [-0.25, -0.2) is 8.42 Å². The first-order valence-corrected chi connectivity index (χ1v) is 10.7. The fraction of sp³-hybridized carbons (Fsp3) is 0.632. The predicted molar refractivity (Wildman–Crippen MR) is 100 cm³/mol. The summed E-state index contributed by atoms with van der Waals surface area (Å²) >= 11 is 0. The van der Waals surface area contributed by atoms with Gasteiger partial charge in [0.25, 0.3) is 5.91 Å². The molecule has 0 unspecified atom stereocenters. The van der Waals surface area contributed by atoms with Gasteiger partial charge in [-0.3, -0.25) is 4.79 Å². The van der Waals surface area contributed by atoms with Gasteiger partial charge in [-0.1, -0.05) is 32.8 Å². The molecule has 1 aromatic carbocycles. The van der Waals surface area contributed by atoms with Crippen LogP contribution < -0.4 is 5.32 Å². The van der Waals surface area contributed by atoms with Crippen LogP contribution in [0.15, 0.2) is 29.2 Å². The lowest BCUT2D eigenvalue weighted by atomic mass is 10.0. The highest BCUT2D eigenvalue weighted by molar-refractivity contribution is 7.89. The Labute approximate surface area is 151 Å².